The zero-order valence-electron chi connectivity index (χ0n) is 17.8. The summed E-state index contributed by atoms with van der Waals surface area (Å²) in [6, 6.07) is 20.2. The first-order chi connectivity index (χ1) is 15.7. The van der Waals surface area contributed by atoms with Gasteiger partial charge in [-0.2, -0.15) is 0 Å². The van der Waals surface area contributed by atoms with E-state index in [-0.39, 0.29) is 5.56 Å². The second kappa shape index (κ2) is 8.98. The lowest BCUT2D eigenvalue weighted by Gasteiger charge is -2.21. The Morgan fingerprint density at radius 1 is 0.906 bits per heavy atom. The number of benzene rings is 2. The van der Waals surface area contributed by atoms with Crippen LogP contribution in [0.1, 0.15) is 25.0 Å². The Bertz CT molecular complexity index is 1430. The SMILES string of the molecule is CCCN(Cc1nc(-c2ccccc2)c2ccccc2n1)Cc1nc2ccsc2c(=O)[nH]1. The zero-order valence-corrected chi connectivity index (χ0v) is 18.6. The van der Waals surface area contributed by atoms with E-state index >= 15 is 0 Å². The highest BCUT2D eigenvalue weighted by Crippen LogP contribution is 2.26. The van der Waals surface area contributed by atoms with Gasteiger partial charge in [0.05, 0.1) is 29.8 Å². The summed E-state index contributed by atoms with van der Waals surface area (Å²) in [4.78, 5) is 32.0. The van der Waals surface area contributed by atoms with E-state index in [1.165, 1.54) is 11.3 Å². The molecule has 5 rings (SSSR count). The van der Waals surface area contributed by atoms with Gasteiger partial charge >= 0.3 is 0 Å². The van der Waals surface area contributed by atoms with Crippen LogP contribution in [-0.4, -0.2) is 31.4 Å². The molecule has 0 fully saturated rings. The summed E-state index contributed by atoms with van der Waals surface area (Å²) in [5, 5.41) is 2.94. The third-order valence-electron chi connectivity index (χ3n) is 5.34. The third kappa shape index (κ3) is 4.17. The molecule has 0 radical (unpaired) electrons. The molecule has 0 bridgehead atoms. The van der Waals surface area contributed by atoms with Crippen molar-refractivity contribution in [1.29, 1.82) is 0 Å². The number of para-hydroxylation sites is 1. The minimum absolute atomic E-state index is 0.0789. The van der Waals surface area contributed by atoms with Crippen LogP contribution in [0.2, 0.25) is 0 Å². The van der Waals surface area contributed by atoms with E-state index in [9.17, 15) is 4.79 Å². The van der Waals surface area contributed by atoms with Gasteiger partial charge in [-0.1, -0.05) is 55.5 Å². The Morgan fingerprint density at radius 3 is 2.56 bits per heavy atom. The van der Waals surface area contributed by atoms with Gasteiger partial charge in [-0.15, -0.1) is 11.3 Å². The average molecular weight is 442 g/mol. The van der Waals surface area contributed by atoms with Crippen LogP contribution in [0.25, 0.3) is 32.4 Å². The molecule has 3 heterocycles. The fraction of sp³-hybridized carbons (Fsp3) is 0.200. The molecule has 0 amide bonds. The lowest BCUT2D eigenvalue weighted by atomic mass is 10.1. The maximum atomic E-state index is 12.4. The first-order valence-electron chi connectivity index (χ1n) is 10.7. The second-order valence-corrected chi connectivity index (χ2v) is 8.65. The predicted molar refractivity (Wildman–Crippen MR) is 130 cm³/mol. The fourth-order valence-electron chi connectivity index (χ4n) is 3.95. The molecule has 5 aromatic rings. The highest BCUT2D eigenvalue weighted by Gasteiger charge is 2.15. The minimum Gasteiger partial charge on any atom is -0.308 e. The van der Waals surface area contributed by atoms with Gasteiger partial charge in [0.15, 0.2) is 0 Å². The van der Waals surface area contributed by atoms with Crippen molar-refractivity contribution in [2.75, 3.05) is 6.54 Å². The van der Waals surface area contributed by atoms with E-state index in [1.807, 2.05) is 47.8 Å². The third-order valence-corrected chi connectivity index (χ3v) is 6.24. The van der Waals surface area contributed by atoms with Crippen molar-refractivity contribution in [3.05, 3.63) is 88.0 Å². The van der Waals surface area contributed by atoms with E-state index in [1.54, 1.807) is 0 Å². The van der Waals surface area contributed by atoms with Crippen LogP contribution in [-0.2, 0) is 13.1 Å². The van der Waals surface area contributed by atoms with Gasteiger partial charge in [-0.3, -0.25) is 9.69 Å². The highest BCUT2D eigenvalue weighted by atomic mass is 32.1. The fourth-order valence-corrected chi connectivity index (χ4v) is 4.68. The van der Waals surface area contributed by atoms with E-state index in [4.69, 9.17) is 9.97 Å². The van der Waals surface area contributed by atoms with Crippen LogP contribution in [0.5, 0.6) is 0 Å². The van der Waals surface area contributed by atoms with Gasteiger partial charge in [-0.05, 0) is 30.5 Å². The van der Waals surface area contributed by atoms with Crippen LogP contribution in [0.4, 0.5) is 0 Å². The molecule has 0 aliphatic rings. The van der Waals surface area contributed by atoms with Crippen LogP contribution >= 0.6 is 11.3 Å². The Hall–Kier alpha value is -3.42. The maximum absolute atomic E-state index is 12.4. The zero-order chi connectivity index (χ0) is 21.9. The number of nitrogens with zero attached hydrogens (tertiary/aromatic N) is 4. The highest BCUT2D eigenvalue weighted by molar-refractivity contribution is 7.17. The van der Waals surface area contributed by atoms with Crippen molar-refractivity contribution in [3.63, 3.8) is 0 Å². The normalized spacial score (nSPS) is 11.6. The molecular weight excluding hydrogens is 418 g/mol. The van der Waals surface area contributed by atoms with Crippen molar-refractivity contribution in [3.8, 4) is 11.3 Å². The summed E-state index contributed by atoms with van der Waals surface area (Å²) in [7, 11) is 0. The Morgan fingerprint density at radius 2 is 1.72 bits per heavy atom. The van der Waals surface area contributed by atoms with Gasteiger partial charge in [0, 0.05) is 10.9 Å². The molecule has 32 heavy (non-hydrogen) atoms. The molecule has 0 aliphatic heterocycles. The van der Waals surface area contributed by atoms with Crippen molar-refractivity contribution in [2.24, 2.45) is 0 Å². The molecular formula is C25H23N5OS. The lowest BCUT2D eigenvalue weighted by Crippen LogP contribution is -2.27. The Labute approximate surface area is 189 Å². The lowest BCUT2D eigenvalue weighted by molar-refractivity contribution is 0.245. The first-order valence-corrected chi connectivity index (χ1v) is 11.6. The predicted octanol–water partition coefficient (Wildman–Crippen LogP) is 5.01. The Kier molecular flexibility index (Phi) is 5.75. The monoisotopic (exact) mass is 441 g/mol. The number of H-pyrrole nitrogens is 1. The smallest absolute Gasteiger partial charge is 0.268 e. The summed E-state index contributed by atoms with van der Waals surface area (Å²) >= 11 is 1.42. The molecule has 160 valence electrons. The molecule has 0 unspecified atom stereocenters. The standard InChI is InChI=1S/C25H23N5OS/c1-2-13-30(16-22-27-20-12-14-32-24(20)25(31)29-22)15-21-26-19-11-7-6-10-18(19)23(28-21)17-8-4-3-5-9-17/h3-12,14H,2,13,15-16H2,1H3,(H,27,29,31). The molecule has 6 nitrogen and oxygen atoms in total. The van der Waals surface area contributed by atoms with Gasteiger partial charge < -0.3 is 4.98 Å². The minimum atomic E-state index is -0.0789. The van der Waals surface area contributed by atoms with Crippen molar-refractivity contribution in [1.82, 2.24) is 24.8 Å². The van der Waals surface area contributed by atoms with Crippen molar-refractivity contribution < 1.29 is 0 Å². The van der Waals surface area contributed by atoms with E-state index in [0.29, 0.717) is 23.6 Å². The molecule has 0 saturated heterocycles. The molecule has 3 aromatic heterocycles. The largest absolute Gasteiger partial charge is 0.308 e. The van der Waals surface area contributed by atoms with E-state index in [0.717, 1.165) is 46.5 Å². The van der Waals surface area contributed by atoms with Gasteiger partial charge in [0.1, 0.15) is 16.3 Å². The molecule has 1 N–H and O–H groups in total. The van der Waals surface area contributed by atoms with E-state index < -0.39 is 0 Å². The first kappa shape index (κ1) is 20.5. The van der Waals surface area contributed by atoms with Gasteiger partial charge in [0.25, 0.3) is 5.56 Å². The molecule has 7 heteroatoms. The van der Waals surface area contributed by atoms with Gasteiger partial charge in [0.2, 0.25) is 0 Å². The van der Waals surface area contributed by atoms with Crippen LogP contribution in [0.15, 0.2) is 70.8 Å². The molecule has 0 atom stereocenters. The summed E-state index contributed by atoms with van der Waals surface area (Å²) in [6.07, 6.45) is 0.976. The van der Waals surface area contributed by atoms with Crippen LogP contribution < -0.4 is 5.56 Å². The maximum Gasteiger partial charge on any atom is 0.268 e. The summed E-state index contributed by atoms with van der Waals surface area (Å²) < 4.78 is 0.668. The number of rotatable bonds is 7. The Balaban J connectivity index is 1.50. The second-order valence-electron chi connectivity index (χ2n) is 7.73. The van der Waals surface area contributed by atoms with E-state index in [2.05, 4.69) is 40.0 Å². The van der Waals surface area contributed by atoms with Crippen molar-refractivity contribution in [2.45, 2.75) is 26.4 Å². The van der Waals surface area contributed by atoms with Crippen LogP contribution in [0.3, 0.4) is 0 Å². The number of nitrogens with one attached hydrogen (secondary N) is 1. The van der Waals surface area contributed by atoms with Crippen molar-refractivity contribution >= 4 is 32.5 Å². The summed E-state index contributed by atoms with van der Waals surface area (Å²) in [5.74, 6) is 1.42. The van der Waals surface area contributed by atoms with Gasteiger partial charge in [-0.25, -0.2) is 15.0 Å². The quantitative estimate of drug-likeness (QED) is 0.384. The summed E-state index contributed by atoms with van der Waals surface area (Å²) in [5.41, 5.74) is 3.61. The average Bonchev–Trinajstić information content (AvgIpc) is 3.29. The van der Waals surface area contributed by atoms with Crippen LogP contribution in [0, 0.1) is 0 Å². The number of aromatic amines is 1. The number of hydrogen-bond donors (Lipinski definition) is 1. The number of hydrogen-bond acceptors (Lipinski definition) is 6. The summed E-state index contributed by atoms with van der Waals surface area (Å²) in [6.45, 7) is 4.10. The molecule has 0 saturated carbocycles. The number of aromatic nitrogens is 4. The molecule has 0 aliphatic carbocycles. The topological polar surface area (TPSA) is 74.8 Å². The molecule has 0 spiro atoms. The number of thiophene rings is 1. The number of fused-ring (bicyclic) bond motifs is 2. The molecule has 2 aromatic carbocycles.